The van der Waals surface area contributed by atoms with Gasteiger partial charge in [-0.25, -0.2) is 0 Å². The highest BCUT2D eigenvalue weighted by atomic mass is 35.5. The van der Waals surface area contributed by atoms with Gasteiger partial charge in [-0.15, -0.1) is 0 Å². The summed E-state index contributed by atoms with van der Waals surface area (Å²) in [6.45, 7) is 5.93. The average Bonchev–Trinajstić information content (AvgIpc) is 2.11. The van der Waals surface area contributed by atoms with Crippen molar-refractivity contribution in [2.45, 2.75) is 20.8 Å². The lowest BCUT2D eigenvalue weighted by Gasteiger charge is -2.14. The van der Waals surface area contributed by atoms with Gasteiger partial charge in [0.05, 0.1) is 10.6 Å². The molecule has 1 aromatic rings. The monoisotopic (exact) mass is 246 g/mol. The summed E-state index contributed by atoms with van der Waals surface area (Å²) in [6, 6.07) is 0. The highest BCUT2D eigenvalue weighted by molar-refractivity contribution is 6.70. The van der Waals surface area contributed by atoms with Crippen LogP contribution in [0.1, 0.15) is 27.0 Å². The lowest BCUT2D eigenvalue weighted by Crippen LogP contribution is -2.19. The van der Waals surface area contributed by atoms with Gasteiger partial charge in [0.1, 0.15) is 0 Å². The van der Waals surface area contributed by atoms with Gasteiger partial charge >= 0.3 is 0 Å². The number of rotatable bonds is 1. The van der Waals surface area contributed by atoms with Crippen molar-refractivity contribution < 1.29 is 4.79 Å². The third kappa shape index (κ3) is 1.74. The van der Waals surface area contributed by atoms with Crippen molar-refractivity contribution in [1.82, 2.24) is 0 Å². The third-order valence-corrected chi connectivity index (χ3v) is 4.72. The lowest BCUT2D eigenvalue weighted by atomic mass is 10.0. The lowest BCUT2D eigenvalue weighted by molar-refractivity contribution is 0.108. The first-order valence-electron chi connectivity index (χ1n) is 4.33. The van der Waals surface area contributed by atoms with Crippen LogP contribution < -0.4 is 5.19 Å². The molecule has 1 nitrogen and oxygen atoms in total. The van der Waals surface area contributed by atoms with Crippen molar-refractivity contribution in [3.05, 3.63) is 27.3 Å². The summed E-state index contributed by atoms with van der Waals surface area (Å²) in [7, 11) is 0.781. The number of carbonyl (C=O) groups is 1. The van der Waals surface area contributed by atoms with Crippen molar-refractivity contribution in [2.75, 3.05) is 0 Å². The van der Waals surface area contributed by atoms with Crippen LogP contribution in [-0.4, -0.2) is 15.5 Å². The molecule has 0 aliphatic carbocycles. The molecule has 0 unspecified atom stereocenters. The summed E-state index contributed by atoms with van der Waals surface area (Å²) in [6.07, 6.45) is 0. The number of hydrogen-bond donors (Lipinski definition) is 0. The van der Waals surface area contributed by atoms with Crippen molar-refractivity contribution in [3.8, 4) is 0 Å². The second-order valence-electron chi connectivity index (χ2n) is 3.46. The summed E-state index contributed by atoms with van der Waals surface area (Å²) in [4.78, 5) is 11.2. The predicted octanol–water partition coefficient (Wildman–Crippen LogP) is 1.63. The Balaban J connectivity index is 3.68. The fraction of sp³-hybridized carbons (Fsp3) is 0.300. The van der Waals surface area contributed by atoms with E-state index in [1.807, 2.05) is 20.8 Å². The molecule has 4 heteroatoms. The summed E-state index contributed by atoms with van der Waals surface area (Å²) < 4.78 is 0. The van der Waals surface area contributed by atoms with Crippen LogP contribution in [0.2, 0.25) is 5.02 Å². The van der Waals surface area contributed by atoms with E-state index >= 15 is 0 Å². The van der Waals surface area contributed by atoms with Gasteiger partial charge < -0.3 is 0 Å². The predicted molar refractivity (Wildman–Crippen MR) is 65.4 cm³/mol. The van der Waals surface area contributed by atoms with Gasteiger partial charge in [-0.3, -0.25) is 4.79 Å². The molecule has 0 heterocycles. The minimum atomic E-state index is -0.453. The Kier molecular flexibility index (Phi) is 3.40. The fourth-order valence-electron chi connectivity index (χ4n) is 1.50. The Morgan fingerprint density at radius 2 is 1.64 bits per heavy atom. The van der Waals surface area contributed by atoms with E-state index in [0.29, 0.717) is 10.6 Å². The van der Waals surface area contributed by atoms with E-state index in [2.05, 4.69) is 0 Å². The van der Waals surface area contributed by atoms with Crippen molar-refractivity contribution >= 4 is 43.9 Å². The van der Waals surface area contributed by atoms with Crippen LogP contribution >= 0.6 is 23.2 Å². The molecule has 0 aromatic heterocycles. The SMILES string of the molecule is Cc1c(C)c([SiH3])c(C(=O)Cl)c(Cl)c1C. The summed E-state index contributed by atoms with van der Waals surface area (Å²) >= 11 is 11.6. The molecule has 0 fully saturated rings. The summed E-state index contributed by atoms with van der Waals surface area (Å²) in [5.41, 5.74) is 3.75. The zero-order valence-electron chi connectivity index (χ0n) is 8.66. The Bertz CT molecular complexity index is 384. The van der Waals surface area contributed by atoms with Crippen LogP contribution in [0.15, 0.2) is 0 Å². The first kappa shape index (κ1) is 11.8. The number of hydrogen-bond acceptors (Lipinski definition) is 1. The van der Waals surface area contributed by atoms with Crippen molar-refractivity contribution in [3.63, 3.8) is 0 Å². The Hall–Kier alpha value is -0.313. The second-order valence-corrected chi connectivity index (χ2v) is 5.18. The smallest absolute Gasteiger partial charge is 0.253 e. The summed E-state index contributed by atoms with van der Waals surface area (Å²) in [5, 5.41) is 1.07. The molecule has 0 saturated heterocycles. The maximum atomic E-state index is 11.2. The van der Waals surface area contributed by atoms with Gasteiger partial charge in [0.15, 0.2) is 0 Å². The molecule has 14 heavy (non-hydrogen) atoms. The normalized spacial score (nSPS) is 10.6. The van der Waals surface area contributed by atoms with Gasteiger partial charge in [-0.1, -0.05) is 16.8 Å². The molecule has 0 saturated carbocycles. The molecule has 1 aromatic carbocycles. The molecule has 0 bridgehead atoms. The van der Waals surface area contributed by atoms with E-state index in [1.54, 1.807) is 0 Å². The molecular formula is C10H12Cl2OSi. The molecule has 0 aliphatic rings. The van der Waals surface area contributed by atoms with Gasteiger partial charge in [-0.2, -0.15) is 0 Å². The maximum absolute atomic E-state index is 11.2. The maximum Gasteiger partial charge on any atom is 0.253 e. The minimum absolute atomic E-state index is 0.453. The van der Waals surface area contributed by atoms with Crippen LogP contribution in [-0.2, 0) is 0 Å². The topological polar surface area (TPSA) is 17.1 Å². The molecule has 76 valence electrons. The molecule has 0 radical (unpaired) electrons. The average molecular weight is 247 g/mol. The van der Waals surface area contributed by atoms with Crippen LogP contribution in [0.4, 0.5) is 0 Å². The van der Waals surface area contributed by atoms with Crippen molar-refractivity contribution in [1.29, 1.82) is 0 Å². The highest BCUT2D eigenvalue weighted by Crippen LogP contribution is 2.25. The van der Waals surface area contributed by atoms with Gasteiger partial charge in [0, 0.05) is 10.2 Å². The first-order chi connectivity index (χ1) is 6.37. The van der Waals surface area contributed by atoms with Crippen molar-refractivity contribution in [2.24, 2.45) is 0 Å². The van der Waals surface area contributed by atoms with Crippen LogP contribution in [0.25, 0.3) is 0 Å². The number of carbonyl (C=O) groups excluding carboxylic acids is 1. The fourth-order valence-corrected chi connectivity index (χ4v) is 3.32. The van der Waals surface area contributed by atoms with Crippen LogP contribution in [0.5, 0.6) is 0 Å². The molecule has 0 spiro atoms. The first-order valence-corrected chi connectivity index (χ1v) is 6.09. The standard InChI is InChI=1S/C10H12Cl2OSi/c1-4-5(2)8(11)7(10(12)13)9(14)6(4)3/h1-3,14H3. The quantitative estimate of drug-likeness (QED) is 0.544. The number of halogens is 2. The molecule has 0 aliphatic heterocycles. The van der Waals surface area contributed by atoms with Crippen LogP contribution in [0.3, 0.4) is 0 Å². The molecular weight excluding hydrogens is 235 g/mol. The van der Waals surface area contributed by atoms with E-state index < -0.39 is 5.24 Å². The Morgan fingerprint density at radius 1 is 1.14 bits per heavy atom. The number of benzene rings is 1. The van der Waals surface area contributed by atoms with Gasteiger partial charge in [-0.05, 0) is 49.1 Å². The second kappa shape index (κ2) is 4.05. The van der Waals surface area contributed by atoms with E-state index in [9.17, 15) is 4.79 Å². The zero-order valence-corrected chi connectivity index (χ0v) is 12.2. The Labute approximate surface area is 96.8 Å². The Morgan fingerprint density at radius 3 is 2.07 bits per heavy atom. The molecule has 0 atom stereocenters. The highest BCUT2D eigenvalue weighted by Gasteiger charge is 2.17. The van der Waals surface area contributed by atoms with Gasteiger partial charge in [0.25, 0.3) is 5.24 Å². The molecule has 0 N–H and O–H groups in total. The largest absolute Gasteiger partial charge is 0.276 e. The zero-order chi connectivity index (χ0) is 11.0. The van der Waals surface area contributed by atoms with E-state index in [4.69, 9.17) is 23.2 Å². The van der Waals surface area contributed by atoms with E-state index in [-0.39, 0.29) is 0 Å². The van der Waals surface area contributed by atoms with Gasteiger partial charge in [0.2, 0.25) is 0 Å². The summed E-state index contributed by atoms with van der Waals surface area (Å²) in [5.74, 6) is 0. The van der Waals surface area contributed by atoms with E-state index in [1.165, 1.54) is 0 Å². The molecule has 0 amide bonds. The third-order valence-electron chi connectivity index (χ3n) is 2.81. The molecule has 1 rings (SSSR count). The minimum Gasteiger partial charge on any atom is -0.276 e. The van der Waals surface area contributed by atoms with E-state index in [0.717, 1.165) is 32.1 Å². The van der Waals surface area contributed by atoms with Crippen LogP contribution in [0, 0.1) is 20.8 Å².